The molecule has 0 aromatic rings. The number of carbonyl (C=O) groups excluding carboxylic acids is 1. The minimum atomic E-state index is -0.0529. The molecule has 0 heterocycles. The van der Waals surface area contributed by atoms with Crippen LogP contribution in [0.3, 0.4) is 0 Å². The zero-order chi connectivity index (χ0) is 12.3. The number of nitrogens with two attached hydrogens (primary N) is 1. The first-order valence-corrected chi connectivity index (χ1v) is 7.22. The molecular formula is C14H26N2O. The summed E-state index contributed by atoms with van der Waals surface area (Å²) in [6.07, 6.45) is 9.09. The molecule has 0 spiro atoms. The van der Waals surface area contributed by atoms with Gasteiger partial charge in [-0.15, -0.1) is 0 Å². The number of hydrogen-bond acceptors (Lipinski definition) is 2. The van der Waals surface area contributed by atoms with Gasteiger partial charge in [0.25, 0.3) is 0 Å². The van der Waals surface area contributed by atoms with Crippen LogP contribution in [0.15, 0.2) is 0 Å². The van der Waals surface area contributed by atoms with Gasteiger partial charge < -0.3 is 11.1 Å². The van der Waals surface area contributed by atoms with Crippen molar-refractivity contribution in [1.29, 1.82) is 0 Å². The topological polar surface area (TPSA) is 55.1 Å². The van der Waals surface area contributed by atoms with Gasteiger partial charge in [0.15, 0.2) is 0 Å². The Kier molecular flexibility index (Phi) is 4.08. The first-order valence-electron chi connectivity index (χ1n) is 7.22. The number of nitrogens with one attached hydrogen (secondary N) is 1. The Morgan fingerprint density at radius 3 is 2.53 bits per heavy atom. The van der Waals surface area contributed by atoms with Crippen molar-refractivity contribution in [3.63, 3.8) is 0 Å². The molecule has 2 atom stereocenters. The molecule has 98 valence electrons. The molecule has 0 aromatic carbocycles. The molecule has 3 nitrogen and oxygen atoms in total. The molecule has 3 heteroatoms. The summed E-state index contributed by atoms with van der Waals surface area (Å²) < 4.78 is 0. The lowest BCUT2D eigenvalue weighted by Gasteiger charge is -2.27. The van der Waals surface area contributed by atoms with Crippen molar-refractivity contribution in [2.24, 2.45) is 17.1 Å². The molecule has 2 saturated carbocycles. The molecule has 3 N–H and O–H groups in total. The number of rotatable bonds is 4. The van der Waals surface area contributed by atoms with Crippen molar-refractivity contribution < 1.29 is 4.79 Å². The van der Waals surface area contributed by atoms with Crippen molar-refractivity contribution in [2.45, 2.75) is 64.3 Å². The van der Waals surface area contributed by atoms with E-state index >= 15 is 0 Å². The van der Waals surface area contributed by atoms with Gasteiger partial charge in [-0.3, -0.25) is 4.79 Å². The van der Waals surface area contributed by atoms with E-state index in [1.807, 2.05) is 0 Å². The van der Waals surface area contributed by atoms with Gasteiger partial charge in [-0.2, -0.15) is 0 Å². The van der Waals surface area contributed by atoms with E-state index in [0.717, 1.165) is 32.2 Å². The minimum Gasteiger partial charge on any atom is -0.355 e. The van der Waals surface area contributed by atoms with Gasteiger partial charge in [0, 0.05) is 18.0 Å². The van der Waals surface area contributed by atoms with E-state index in [1.165, 1.54) is 25.7 Å². The summed E-state index contributed by atoms with van der Waals surface area (Å²) in [7, 11) is 0. The predicted octanol–water partition coefficient (Wildman–Crippen LogP) is 2.20. The Morgan fingerprint density at radius 1 is 1.29 bits per heavy atom. The van der Waals surface area contributed by atoms with E-state index in [-0.39, 0.29) is 11.3 Å². The van der Waals surface area contributed by atoms with Gasteiger partial charge in [-0.05, 0) is 38.0 Å². The van der Waals surface area contributed by atoms with Gasteiger partial charge in [0.1, 0.15) is 0 Å². The average molecular weight is 238 g/mol. The normalized spacial score (nSPS) is 31.6. The maximum Gasteiger partial charge on any atom is 0.226 e. The highest BCUT2D eigenvalue weighted by molar-refractivity contribution is 5.82. The highest BCUT2D eigenvalue weighted by atomic mass is 16.2. The molecule has 17 heavy (non-hydrogen) atoms. The molecule has 2 unspecified atom stereocenters. The second-order valence-electron chi connectivity index (χ2n) is 5.91. The Bertz CT molecular complexity index is 271. The Balaban J connectivity index is 1.84. The molecule has 2 aliphatic carbocycles. The molecule has 2 aliphatic rings. The van der Waals surface area contributed by atoms with Crippen LogP contribution in [0.5, 0.6) is 0 Å². The predicted molar refractivity (Wildman–Crippen MR) is 69.5 cm³/mol. The lowest BCUT2D eigenvalue weighted by Crippen LogP contribution is -2.43. The van der Waals surface area contributed by atoms with Crippen molar-refractivity contribution >= 4 is 5.91 Å². The summed E-state index contributed by atoms with van der Waals surface area (Å²) in [5, 5.41) is 3.17. The van der Waals surface area contributed by atoms with Crippen LogP contribution in [0, 0.1) is 11.3 Å². The van der Waals surface area contributed by atoms with Crippen LogP contribution in [-0.2, 0) is 4.79 Å². The molecule has 0 radical (unpaired) electrons. The van der Waals surface area contributed by atoms with E-state index < -0.39 is 0 Å². The SMILES string of the molecule is CCC1(C(=O)NCC2CCCC2N)CCCC1. The van der Waals surface area contributed by atoms with Crippen LogP contribution in [-0.4, -0.2) is 18.5 Å². The molecular weight excluding hydrogens is 212 g/mol. The smallest absolute Gasteiger partial charge is 0.226 e. The van der Waals surface area contributed by atoms with Gasteiger partial charge in [-0.1, -0.05) is 26.2 Å². The summed E-state index contributed by atoms with van der Waals surface area (Å²) in [4.78, 5) is 12.3. The first-order chi connectivity index (χ1) is 8.18. The van der Waals surface area contributed by atoms with E-state index in [2.05, 4.69) is 12.2 Å². The van der Waals surface area contributed by atoms with Crippen molar-refractivity contribution in [3.8, 4) is 0 Å². The first kappa shape index (κ1) is 12.9. The Hall–Kier alpha value is -0.570. The number of hydrogen-bond donors (Lipinski definition) is 2. The van der Waals surface area contributed by atoms with E-state index in [4.69, 9.17) is 5.73 Å². The van der Waals surface area contributed by atoms with Crippen molar-refractivity contribution in [3.05, 3.63) is 0 Å². The molecule has 0 aliphatic heterocycles. The van der Waals surface area contributed by atoms with Crippen molar-refractivity contribution in [1.82, 2.24) is 5.32 Å². The molecule has 2 rings (SSSR count). The quantitative estimate of drug-likeness (QED) is 0.789. The lowest BCUT2D eigenvalue weighted by atomic mass is 9.82. The lowest BCUT2D eigenvalue weighted by molar-refractivity contribution is -0.131. The fraction of sp³-hybridized carbons (Fsp3) is 0.929. The van der Waals surface area contributed by atoms with Gasteiger partial charge >= 0.3 is 0 Å². The monoisotopic (exact) mass is 238 g/mol. The fourth-order valence-electron chi connectivity index (χ4n) is 3.52. The average Bonchev–Trinajstić information content (AvgIpc) is 2.95. The van der Waals surface area contributed by atoms with E-state index in [9.17, 15) is 4.79 Å². The summed E-state index contributed by atoms with van der Waals surface area (Å²) in [5.41, 5.74) is 5.98. The summed E-state index contributed by atoms with van der Waals surface area (Å²) in [6.45, 7) is 2.94. The minimum absolute atomic E-state index is 0.0529. The van der Waals surface area contributed by atoms with Gasteiger partial charge in [0.05, 0.1) is 0 Å². The van der Waals surface area contributed by atoms with Crippen LogP contribution in [0.25, 0.3) is 0 Å². The molecule has 0 saturated heterocycles. The highest BCUT2D eigenvalue weighted by Crippen LogP contribution is 2.41. The second-order valence-corrected chi connectivity index (χ2v) is 5.91. The standard InChI is InChI=1S/C14H26N2O/c1-2-14(8-3-4-9-14)13(17)16-10-11-6-5-7-12(11)15/h11-12H,2-10,15H2,1H3,(H,16,17). The Morgan fingerprint density at radius 2 is 2.00 bits per heavy atom. The summed E-state index contributed by atoms with van der Waals surface area (Å²) in [5.74, 6) is 0.797. The summed E-state index contributed by atoms with van der Waals surface area (Å²) in [6, 6.07) is 0.302. The molecule has 2 fully saturated rings. The van der Waals surface area contributed by atoms with Crippen LogP contribution in [0.4, 0.5) is 0 Å². The third kappa shape index (κ3) is 2.65. The van der Waals surface area contributed by atoms with Crippen LogP contribution in [0.1, 0.15) is 58.3 Å². The van der Waals surface area contributed by atoms with Gasteiger partial charge in [0.2, 0.25) is 5.91 Å². The third-order valence-corrected chi connectivity index (χ3v) is 4.96. The van der Waals surface area contributed by atoms with Crippen molar-refractivity contribution in [2.75, 3.05) is 6.54 Å². The van der Waals surface area contributed by atoms with Crippen LogP contribution in [0.2, 0.25) is 0 Å². The molecule has 0 aromatic heterocycles. The molecule has 1 amide bonds. The fourth-order valence-corrected chi connectivity index (χ4v) is 3.52. The summed E-state index contributed by atoms with van der Waals surface area (Å²) >= 11 is 0. The van der Waals surface area contributed by atoms with E-state index in [1.54, 1.807) is 0 Å². The largest absolute Gasteiger partial charge is 0.355 e. The zero-order valence-electron chi connectivity index (χ0n) is 11.0. The zero-order valence-corrected chi connectivity index (χ0v) is 11.0. The second kappa shape index (κ2) is 5.38. The maximum atomic E-state index is 12.3. The van der Waals surface area contributed by atoms with Crippen LogP contribution < -0.4 is 11.1 Å². The highest BCUT2D eigenvalue weighted by Gasteiger charge is 2.39. The number of carbonyl (C=O) groups is 1. The number of amides is 1. The third-order valence-electron chi connectivity index (χ3n) is 4.96. The molecule has 0 bridgehead atoms. The van der Waals surface area contributed by atoms with E-state index in [0.29, 0.717) is 12.0 Å². The Labute approximate surface area is 105 Å². The maximum absolute atomic E-state index is 12.3. The van der Waals surface area contributed by atoms with Crippen LogP contribution >= 0.6 is 0 Å². The van der Waals surface area contributed by atoms with Gasteiger partial charge in [-0.25, -0.2) is 0 Å².